The van der Waals surface area contributed by atoms with Crippen molar-refractivity contribution in [3.63, 3.8) is 0 Å². The Balaban J connectivity index is 2.37. The number of hydrogen-bond acceptors (Lipinski definition) is 7. The van der Waals surface area contributed by atoms with Gasteiger partial charge in [-0.1, -0.05) is 0 Å². The van der Waals surface area contributed by atoms with Crippen molar-refractivity contribution >= 4 is 11.3 Å². The highest BCUT2D eigenvalue weighted by atomic mass is 32.1. The fourth-order valence-electron chi connectivity index (χ4n) is 2.66. The maximum Gasteiger partial charge on any atom is 0.343 e. The monoisotopic (exact) mass is 346 g/mol. The van der Waals surface area contributed by atoms with Gasteiger partial charge < -0.3 is 19.0 Å². The second-order valence-electron chi connectivity index (χ2n) is 5.38. The Labute approximate surface area is 140 Å². The van der Waals surface area contributed by atoms with E-state index in [1.165, 1.54) is 37.3 Å². The SMILES string of the molecule is Cc1cc(O)c(C(c2ccsc2)c2c(O)cc(C)oc2=O)c(=O)o1. The summed E-state index contributed by atoms with van der Waals surface area (Å²) in [7, 11) is 0. The second kappa shape index (κ2) is 6.01. The van der Waals surface area contributed by atoms with Crippen LogP contribution in [-0.4, -0.2) is 10.2 Å². The van der Waals surface area contributed by atoms with E-state index < -0.39 is 17.2 Å². The molecule has 0 unspecified atom stereocenters. The van der Waals surface area contributed by atoms with Gasteiger partial charge in [0.15, 0.2) is 0 Å². The molecule has 3 aromatic rings. The van der Waals surface area contributed by atoms with Gasteiger partial charge in [-0.05, 0) is 36.2 Å². The van der Waals surface area contributed by atoms with Crippen LogP contribution in [0.15, 0.2) is 47.4 Å². The summed E-state index contributed by atoms with van der Waals surface area (Å²) in [5.74, 6) is -1.13. The lowest BCUT2D eigenvalue weighted by atomic mass is 9.87. The fraction of sp³-hybridized carbons (Fsp3) is 0.176. The van der Waals surface area contributed by atoms with Gasteiger partial charge in [-0.3, -0.25) is 0 Å². The standard InChI is InChI=1S/C17H14O6S/c1-8-5-11(18)14(16(20)22-8)13(10-3-4-24-7-10)15-12(19)6-9(2)23-17(15)21/h3-7,13,18-19H,1-2H3. The zero-order chi connectivity index (χ0) is 17.4. The highest BCUT2D eigenvalue weighted by Crippen LogP contribution is 2.38. The Bertz CT molecular complexity index is 931. The normalized spacial score (nSPS) is 11.1. The zero-order valence-corrected chi connectivity index (χ0v) is 13.7. The van der Waals surface area contributed by atoms with Crippen molar-refractivity contribution in [2.75, 3.05) is 0 Å². The van der Waals surface area contributed by atoms with Gasteiger partial charge in [-0.25, -0.2) is 9.59 Å². The van der Waals surface area contributed by atoms with E-state index in [1.807, 2.05) is 0 Å². The van der Waals surface area contributed by atoms with Crippen LogP contribution < -0.4 is 11.3 Å². The number of rotatable bonds is 3. The predicted molar refractivity (Wildman–Crippen MR) is 88.0 cm³/mol. The van der Waals surface area contributed by atoms with Crippen LogP contribution in [0.25, 0.3) is 0 Å². The molecule has 2 N–H and O–H groups in total. The van der Waals surface area contributed by atoms with Crippen LogP contribution in [0.2, 0.25) is 0 Å². The van der Waals surface area contributed by atoms with Crippen LogP contribution in [0.1, 0.15) is 34.1 Å². The summed E-state index contributed by atoms with van der Waals surface area (Å²) in [4.78, 5) is 24.6. The van der Waals surface area contributed by atoms with E-state index in [0.717, 1.165) is 0 Å². The summed E-state index contributed by atoms with van der Waals surface area (Å²) in [5, 5.41) is 24.0. The van der Waals surface area contributed by atoms with Crippen molar-refractivity contribution in [1.82, 2.24) is 0 Å². The average molecular weight is 346 g/mol. The molecule has 0 radical (unpaired) electrons. The molecule has 124 valence electrons. The molecule has 0 amide bonds. The van der Waals surface area contributed by atoms with Crippen molar-refractivity contribution in [1.29, 1.82) is 0 Å². The minimum absolute atomic E-state index is 0.120. The van der Waals surface area contributed by atoms with Gasteiger partial charge in [0.25, 0.3) is 0 Å². The molecule has 0 fully saturated rings. The van der Waals surface area contributed by atoms with E-state index in [2.05, 4.69) is 0 Å². The summed E-state index contributed by atoms with van der Waals surface area (Å²) in [6.07, 6.45) is 0. The first kappa shape index (κ1) is 16.1. The second-order valence-corrected chi connectivity index (χ2v) is 6.16. The largest absolute Gasteiger partial charge is 0.507 e. The molecular formula is C17H14O6S. The number of thiophene rings is 1. The summed E-state index contributed by atoms with van der Waals surface area (Å²) in [6.45, 7) is 3.06. The summed E-state index contributed by atoms with van der Waals surface area (Å²) in [6, 6.07) is 4.29. The number of hydrogen-bond donors (Lipinski definition) is 2. The van der Waals surface area contributed by atoms with E-state index in [0.29, 0.717) is 5.56 Å². The Kier molecular flexibility index (Phi) is 4.02. The molecule has 0 aromatic carbocycles. The Morgan fingerprint density at radius 2 is 1.46 bits per heavy atom. The van der Waals surface area contributed by atoms with E-state index >= 15 is 0 Å². The van der Waals surface area contributed by atoms with Gasteiger partial charge in [0, 0.05) is 12.1 Å². The van der Waals surface area contributed by atoms with E-state index in [1.54, 1.807) is 16.8 Å². The smallest absolute Gasteiger partial charge is 0.343 e. The third-order valence-corrected chi connectivity index (χ3v) is 4.33. The minimum atomic E-state index is -0.995. The highest BCUT2D eigenvalue weighted by molar-refractivity contribution is 7.08. The van der Waals surface area contributed by atoms with E-state index in [-0.39, 0.29) is 34.1 Å². The molecule has 3 rings (SSSR count). The van der Waals surface area contributed by atoms with Gasteiger partial charge in [-0.2, -0.15) is 11.3 Å². The molecule has 0 atom stereocenters. The van der Waals surface area contributed by atoms with Crippen LogP contribution in [0.3, 0.4) is 0 Å². The summed E-state index contributed by atoms with van der Waals surface area (Å²) in [5.41, 5.74) is -1.22. The van der Waals surface area contributed by atoms with Crippen molar-refractivity contribution < 1.29 is 19.0 Å². The van der Waals surface area contributed by atoms with Crippen LogP contribution in [0.4, 0.5) is 0 Å². The molecule has 0 spiro atoms. The van der Waals surface area contributed by atoms with Crippen LogP contribution in [0, 0.1) is 13.8 Å². The van der Waals surface area contributed by atoms with Crippen molar-refractivity contribution in [2.45, 2.75) is 19.8 Å². The first-order chi connectivity index (χ1) is 11.4. The van der Waals surface area contributed by atoms with Gasteiger partial charge in [-0.15, -0.1) is 0 Å². The molecule has 0 saturated heterocycles. The topological polar surface area (TPSA) is 101 Å². The number of aromatic hydroxyl groups is 2. The molecular weight excluding hydrogens is 332 g/mol. The Hall–Kier alpha value is -2.80. The maximum absolute atomic E-state index is 12.3. The Morgan fingerprint density at radius 3 is 1.83 bits per heavy atom. The number of aryl methyl sites for hydroxylation is 2. The highest BCUT2D eigenvalue weighted by Gasteiger charge is 2.30. The van der Waals surface area contributed by atoms with Gasteiger partial charge in [0.1, 0.15) is 23.0 Å². The average Bonchev–Trinajstić information content (AvgIpc) is 2.97. The summed E-state index contributed by atoms with van der Waals surface area (Å²) >= 11 is 1.36. The van der Waals surface area contributed by atoms with Crippen molar-refractivity contribution in [2.24, 2.45) is 0 Å². The van der Waals surface area contributed by atoms with Crippen molar-refractivity contribution in [3.05, 3.63) is 78.0 Å². The van der Waals surface area contributed by atoms with Crippen LogP contribution >= 0.6 is 11.3 Å². The predicted octanol–water partition coefficient (Wildman–Crippen LogP) is 2.86. The van der Waals surface area contributed by atoms with Crippen LogP contribution in [-0.2, 0) is 0 Å². The lowest BCUT2D eigenvalue weighted by Crippen LogP contribution is -2.21. The summed E-state index contributed by atoms with van der Waals surface area (Å²) < 4.78 is 10.1. The minimum Gasteiger partial charge on any atom is -0.507 e. The lowest BCUT2D eigenvalue weighted by Gasteiger charge is -2.17. The lowest BCUT2D eigenvalue weighted by molar-refractivity contribution is 0.407. The first-order valence-corrected chi connectivity index (χ1v) is 8.02. The van der Waals surface area contributed by atoms with Gasteiger partial charge >= 0.3 is 11.3 Å². The third-order valence-electron chi connectivity index (χ3n) is 3.63. The molecule has 0 aliphatic heterocycles. The molecule has 6 nitrogen and oxygen atoms in total. The molecule has 3 aromatic heterocycles. The fourth-order valence-corrected chi connectivity index (χ4v) is 3.35. The molecule has 0 saturated carbocycles. The maximum atomic E-state index is 12.3. The zero-order valence-electron chi connectivity index (χ0n) is 12.9. The van der Waals surface area contributed by atoms with Crippen molar-refractivity contribution in [3.8, 4) is 11.5 Å². The van der Waals surface area contributed by atoms with E-state index in [9.17, 15) is 19.8 Å². The quantitative estimate of drug-likeness (QED) is 0.756. The molecule has 24 heavy (non-hydrogen) atoms. The molecule has 3 heterocycles. The molecule has 0 aliphatic rings. The van der Waals surface area contributed by atoms with Gasteiger partial charge in [0.2, 0.25) is 0 Å². The van der Waals surface area contributed by atoms with Crippen LogP contribution in [0.5, 0.6) is 11.5 Å². The molecule has 0 aliphatic carbocycles. The first-order valence-electron chi connectivity index (χ1n) is 7.07. The third kappa shape index (κ3) is 2.74. The van der Waals surface area contributed by atoms with E-state index in [4.69, 9.17) is 8.83 Å². The molecule has 7 heteroatoms. The Morgan fingerprint density at radius 1 is 0.958 bits per heavy atom. The van der Waals surface area contributed by atoms with Gasteiger partial charge in [0.05, 0.1) is 17.0 Å². The molecule has 0 bridgehead atoms.